The average Bonchev–Trinajstić information content (AvgIpc) is 2.47. The number of aromatic nitrogens is 1. The molecule has 20 heavy (non-hydrogen) atoms. The van der Waals surface area contributed by atoms with E-state index in [1.54, 1.807) is 12.3 Å². The molecule has 4 heteroatoms. The van der Waals surface area contributed by atoms with Crippen LogP contribution in [0.2, 0.25) is 0 Å². The summed E-state index contributed by atoms with van der Waals surface area (Å²) in [6.07, 6.45) is 1.69. The molecule has 0 radical (unpaired) electrons. The number of pyridine rings is 1. The van der Waals surface area contributed by atoms with Crippen molar-refractivity contribution >= 4 is 0 Å². The zero-order valence-corrected chi connectivity index (χ0v) is 11.8. The standard InChI is InChI=1S/C16H19FN2O/c1-3-18-12(2)13-7-8-16(15(17)10-13)20-11-14-6-4-5-9-19-14/h4-10,12,18H,3,11H2,1-2H3. The molecular weight excluding hydrogens is 255 g/mol. The molecule has 0 aliphatic rings. The molecule has 1 aromatic heterocycles. The summed E-state index contributed by atoms with van der Waals surface area (Å²) in [5.41, 5.74) is 1.69. The van der Waals surface area contributed by atoms with Gasteiger partial charge in [-0.1, -0.05) is 19.1 Å². The zero-order valence-electron chi connectivity index (χ0n) is 11.8. The summed E-state index contributed by atoms with van der Waals surface area (Å²) in [6, 6.07) is 10.7. The topological polar surface area (TPSA) is 34.1 Å². The quantitative estimate of drug-likeness (QED) is 0.875. The van der Waals surface area contributed by atoms with Crippen molar-refractivity contribution in [1.82, 2.24) is 10.3 Å². The fourth-order valence-electron chi connectivity index (χ4n) is 1.96. The molecule has 106 valence electrons. The molecule has 2 aromatic rings. The lowest BCUT2D eigenvalue weighted by molar-refractivity contribution is 0.285. The summed E-state index contributed by atoms with van der Waals surface area (Å²) in [5, 5.41) is 3.25. The van der Waals surface area contributed by atoms with Crippen LogP contribution in [0, 0.1) is 5.82 Å². The second kappa shape index (κ2) is 7.01. The van der Waals surface area contributed by atoms with Crippen LogP contribution < -0.4 is 10.1 Å². The van der Waals surface area contributed by atoms with Gasteiger partial charge in [0.15, 0.2) is 11.6 Å². The van der Waals surface area contributed by atoms with Crippen molar-refractivity contribution in [2.24, 2.45) is 0 Å². The first-order valence-corrected chi connectivity index (χ1v) is 6.76. The van der Waals surface area contributed by atoms with Crippen LogP contribution in [-0.2, 0) is 6.61 Å². The highest BCUT2D eigenvalue weighted by Crippen LogP contribution is 2.22. The molecular formula is C16H19FN2O. The summed E-state index contributed by atoms with van der Waals surface area (Å²) in [4.78, 5) is 4.14. The Morgan fingerprint density at radius 1 is 1.30 bits per heavy atom. The van der Waals surface area contributed by atoms with Gasteiger partial charge in [-0.2, -0.15) is 0 Å². The molecule has 1 aromatic carbocycles. The van der Waals surface area contributed by atoms with Gasteiger partial charge < -0.3 is 10.1 Å². The number of hydrogen-bond donors (Lipinski definition) is 1. The van der Waals surface area contributed by atoms with Gasteiger partial charge in [0.05, 0.1) is 5.69 Å². The van der Waals surface area contributed by atoms with Crippen molar-refractivity contribution in [2.45, 2.75) is 26.5 Å². The van der Waals surface area contributed by atoms with Crippen molar-refractivity contribution in [2.75, 3.05) is 6.54 Å². The molecule has 0 saturated carbocycles. The number of ether oxygens (including phenoxy) is 1. The van der Waals surface area contributed by atoms with Gasteiger partial charge in [-0.3, -0.25) is 4.98 Å². The normalized spacial score (nSPS) is 12.2. The van der Waals surface area contributed by atoms with Crippen LogP contribution in [0.4, 0.5) is 4.39 Å². The van der Waals surface area contributed by atoms with Crippen LogP contribution in [0.1, 0.15) is 31.1 Å². The maximum atomic E-state index is 14.0. The van der Waals surface area contributed by atoms with E-state index in [-0.39, 0.29) is 24.2 Å². The third-order valence-electron chi connectivity index (χ3n) is 3.07. The van der Waals surface area contributed by atoms with E-state index < -0.39 is 0 Å². The lowest BCUT2D eigenvalue weighted by atomic mass is 10.1. The Morgan fingerprint density at radius 2 is 2.15 bits per heavy atom. The molecule has 0 saturated heterocycles. The van der Waals surface area contributed by atoms with Crippen molar-refractivity contribution < 1.29 is 9.13 Å². The fourth-order valence-corrected chi connectivity index (χ4v) is 1.96. The van der Waals surface area contributed by atoms with E-state index in [1.807, 2.05) is 38.1 Å². The van der Waals surface area contributed by atoms with Gasteiger partial charge in [-0.25, -0.2) is 4.39 Å². The van der Waals surface area contributed by atoms with E-state index in [1.165, 1.54) is 6.07 Å². The average molecular weight is 274 g/mol. The van der Waals surface area contributed by atoms with Crippen molar-refractivity contribution in [3.8, 4) is 5.75 Å². The smallest absolute Gasteiger partial charge is 0.165 e. The first-order chi connectivity index (χ1) is 9.70. The molecule has 0 amide bonds. The second-order valence-corrected chi connectivity index (χ2v) is 4.58. The molecule has 0 aliphatic carbocycles. The van der Waals surface area contributed by atoms with Crippen molar-refractivity contribution in [1.29, 1.82) is 0 Å². The highest BCUT2D eigenvalue weighted by atomic mass is 19.1. The molecule has 0 bridgehead atoms. The highest BCUT2D eigenvalue weighted by molar-refractivity contribution is 5.31. The monoisotopic (exact) mass is 274 g/mol. The van der Waals surface area contributed by atoms with E-state index in [0.29, 0.717) is 0 Å². The summed E-state index contributed by atoms with van der Waals surface area (Å²) >= 11 is 0. The van der Waals surface area contributed by atoms with Gasteiger partial charge in [0.2, 0.25) is 0 Å². The van der Waals surface area contributed by atoms with Crippen LogP contribution in [0.25, 0.3) is 0 Å². The van der Waals surface area contributed by atoms with Gasteiger partial charge in [0.25, 0.3) is 0 Å². The minimum atomic E-state index is -0.344. The lowest BCUT2D eigenvalue weighted by Crippen LogP contribution is -2.17. The summed E-state index contributed by atoms with van der Waals surface area (Å²) in [7, 11) is 0. The van der Waals surface area contributed by atoms with Gasteiger partial charge in [0, 0.05) is 12.2 Å². The van der Waals surface area contributed by atoms with Crippen LogP contribution >= 0.6 is 0 Å². The molecule has 1 N–H and O–H groups in total. The largest absolute Gasteiger partial charge is 0.484 e. The predicted molar refractivity (Wildman–Crippen MR) is 77.1 cm³/mol. The van der Waals surface area contributed by atoms with E-state index in [0.717, 1.165) is 17.8 Å². The number of hydrogen-bond acceptors (Lipinski definition) is 3. The summed E-state index contributed by atoms with van der Waals surface area (Å²) in [6.45, 7) is 5.14. The van der Waals surface area contributed by atoms with E-state index >= 15 is 0 Å². The van der Waals surface area contributed by atoms with E-state index in [2.05, 4.69) is 10.3 Å². The van der Waals surface area contributed by atoms with Crippen molar-refractivity contribution in [3.63, 3.8) is 0 Å². The van der Waals surface area contributed by atoms with Gasteiger partial charge in [-0.15, -0.1) is 0 Å². The molecule has 2 rings (SSSR count). The Labute approximate surface area is 118 Å². The molecule has 0 fully saturated rings. The Morgan fingerprint density at radius 3 is 2.80 bits per heavy atom. The van der Waals surface area contributed by atoms with Gasteiger partial charge in [-0.05, 0) is 43.3 Å². The maximum Gasteiger partial charge on any atom is 0.165 e. The second-order valence-electron chi connectivity index (χ2n) is 4.58. The zero-order chi connectivity index (χ0) is 14.4. The van der Waals surface area contributed by atoms with Crippen LogP contribution in [-0.4, -0.2) is 11.5 Å². The van der Waals surface area contributed by atoms with Crippen molar-refractivity contribution in [3.05, 3.63) is 59.7 Å². The highest BCUT2D eigenvalue weighted by Gasteiger charge is 2.09. The summed E-state index contributed by atoms with van der Waals surface area (Å²) < 4.78 is 19.4. The molecule has 0 spiro atoms. The Bertz CT molecular complexity index is 545. The molecule has 1 atom stereocenters. The number of halogens is 1. The minimum absolute atomic E-state index is 0.124. The fraction of sp³-hybridized carbons (Fsp3) is 0.312. The Kier molecular flexibility index (Phi) is 5.07. The van der Waals surface area contributed by atoms with Gasteiger partial charge in [0.1, 0.15) is 6.61 Å². The van der Waals surface area contributed by atoms with E-state index in [9.17, 15) is 4.39 Å². The lowest BCUT2D eigenvalue weighted by Gasteiger charge is -2.14. The third-order valence-corrected chi connectivity index (χ3v) is 3.07. The minimum Gasteiger partial charge on any atom is -0.484 e. The summed E-state index contributed by atoms with van der Waals surface area (Å²) in [5.74, 6) is -0.0914. The number of nitrogens with one attached hydrogen (secondary N) is 1. The molecule has 3 nitrogen and oxygen atoms in total. The van der Waals surface area contributed by atoms with Gasteiger partial charge >= 0.3 is 0 Å². The molecule has 0 aliphatic heterocycles. The molecule has 1 unspecified atom stereocenters. The van der Waals surface area contributed by atoms with Crippen LogP contribution in [0.5, 0.6) is 5.75 Å². The Balaban J connectivity index is 2.02. The number of benzene rings is 1. The van der Waals surface area contributed by atoms with Crippen LogP contribution in [0.3, 0.4) is 0 Å². The Hall–Kier alpha value is -1.94. The first kappa shape index (κ1) is 14.5. The third kappa shape index (κ3) is 3.78. The number of nitrogens with zero attached hydrogens (tertiary/aromatic N) is 1. The van der Waals surface area contributed by atoms with Crippen LogP contribution in [0.15, 0.2) is 42.6 Å². The molecule has 1 heterocycles. The number of rotatable bonds is 6. The first-order valence-electron chi connectivity index (χ1n) is 6.76. The maximum absolute atomic E-state index is 14.0. The van der Waals surface area contributed by atoms with E-state index in [4.69, 9.17) is 4.74 Å². The SMILES string of the molecule is CCNC(C)c1ccc(OCc2ccccn2)c(F)c1. The predicted octanol–water partition coefficient (Wildman–Crippen LogP) is 3.47.